The maximum absolute atomic E-state index is 12.5. The predicted octanol–water partition coefficient (Wildman–Crippen LogP) is 2.14. The Bertz CT molecular complexity index is 1180. The van der Waals surface area contributed by atoms with Gasteiger partial charge in [-0.25, -0.2) is 0 Å². The maximum atomic E-state index is 12.5. The third kappa shape index (κ3) is 6.82. The molecule has 2 aromatic carbocycles. The lowest BCUT2D eigenvalue weighted by molar-refractivity contribution is -0.152. The number of hydrogen-bond acceptors (Lipinski definition) is 6. The minimum absolute atomic E-state index is 0.0639. The maximum Gasteiger partial charge on any atom is 0.311 e. The van der Waals surface area contributed by atoms with Crippen LogP contribution < -0.4 is 16.3 Å². The SMILES string of the molecule is CC(C)(C)c1ccc(C(=O)NN2C[C@@H](C(=O)OCC(=O)NNC(=O)c3ccccc3Cl)CC2=O)cc1. The van der Waals surface area contributed by atoms with E-state index in [-0.39, 0.29) is 29.0 Å². The minimum atomic E-state index is -0.855. The van der Waals surface area contributed by atoms with E-state index >= 15 is 0 Å². The Morgan fingerprint density at radius 1 is 1.00 bits per heavy atom. The number of hydrogen-bond donors (Lipinski definition) is 3. The second-order valence-corrected chi connectivity index (χ2v) is 9.67. The number of halogens is 1. The molecule has 0 spiro atoms. The second kappa shape index (κ2) is 11.2. The molecule has 4 amide bonds. The lowest BCUT2D eigenvalue weighted by atomic mass is 9.87. The van der Waals surface area contributed by atoms with E-state index in [1.807, 2.05) is 12.1 Å². The van der Waals surface area contributed by atoms with Gasteiger partial charge in [0, 0.05) is 12.0 Å². The highest BCUT2D eigenvalue weighted by Gasteiger charge is 2.36. The molecule has 1 aliphatic rings. The van der Waals surface area contributed by atoms with E-state index in [2.05, 4.69) is 37.0 Å². The van der Waals surface area contributed by atoms with E-state index in [9.17, 15) is 24.0 Å². The number of hydrazine groups is 2. The van der Waals surface area contributed by atoms with Gasteiger partial charge in [0.25, 0.3) is 17.7 Å². The van der Waals surface area contributed by atoms with Gasteiger partial charge in [-0.3, -0.25) is 45.3 Å². The molecule has 1 atom stereocenters. The van der Waals surface area contributed by atoms with Crippen molar-refractivity contribution in [3.8, 4) is 0 Å². The van der Waals surface area contributed by atoms with Crippen LogP contribution >= 0.6 is 11.6 Å². The summed E-state index contributed by atoms with van der Waals surface area (Å²) in [6, 6.07) is 13.3. The fourth-order valence-corrected chi connectivity index (χ4v) is 3.63. The number of benzene rings is 2. The Hall–Kier alpha value is -3.92. The topological polar surface area (TPSA) is 134 Å². The van der Waals surface area contributed by atoms with Crippen molar-refractivity contribution in [1.29, 1.82) is 0 Å². The summed E-state index contributed by atoms with van der Waals surface area (Å²) >= 11 is 5.92. The zero-order chi connectivity index (χ0) is 26.5. The molecule has 36 heavy (non-hydrogen) atoms. The number of rotatable bonds is 6. The normalized spacial score (nSPS) is 15.3. The molecule has 0 bridgehead atoms. The van der Waals surface area contributed by atoms with Crippen LogP contribution in [0.15, 0.2) is 48.5 Å². The highest BCUT2D eigenvalue weighted by atomic mass is 35.5. The van der Waals surface area contributed by atoms with Crippen molar-refractivity contribution in [2.75, 3.05) is 13.2 Å². The molecule has 1 saturated heterocycles. The first-order valence-corrected chi connectivity index (χ1v) is 11.6. The molecule has 10 nitrogen and oxygen atoms in total. The quantitative estimate of drug-likeness (QED) is 0.399. The minimum Gasteiger partial charge on any atom is -0.455 e. The van der Waals surface area contributed by atoms with Crippen LogP contribution in [-0.4, -0.2) is 47.8 Å². The van der Waals surface area contributed by atoms with Gasteiger partial charge in [-0.05, 0) is 35.2 Å². The molecule has 1 fully saturated rings. The van der Waals surface area contributed by atoms with Crippen LogP contribution in [0.1, 0.15) is 53.5 Å². The number of nitrogens with one attached hydrogen (secondary N) is 3. The summed E-state index contributed by atoms with van der Waals surface area (Å²) in [7, 11) is 0. The fourth-order valence-electron chi connectivity index (χ4n) is 3.41. The van der Waals surface area contributed by atoms with Crippen LogP contribution in [0, 0.1) is 5.92 Å². The first kappa shape index (κ1) is 26.7. The van der Waals surface area contributed by atoms with E-state index in [0.717, 1.165) is 10.6 Å². The first-order chi connectivity index (χ1) is 17.0. The van der Waals surface area contributed by atoms with Crippen molar-refractivity contribution >= 4 is 41.2 Å². The van der Waals surface area contributed by atoms with Crippen LogP contribution in [-0.2, 0) is 24.5 Å². The van der Waals surface area contributed by atoms with Gasteiger partial charge in [0.15, 0.2) is 6.61 Å². The fraction of sp³-hybridized carbons (Fsp3) is 0.320. The van der Waals surface area contributed by atoms with Crippen molar-refractivity contribution in [3.05, 3.63) is 70.2 Å². The summed E-state index contributed by atoms with van der Waals surface area (Å²) in [6.45, 7) is 5.42. The smallest absolute Gasteiger partial charge is 0.311 e. The van der Waals surface area contributed by atoms with Gasteiger partial charge in [0.2, 0.25) is 5.91 Å². The zero-order valence-corrected chi connectivity index (χ0v) is 20.8. The third-order valence-electron chi connectivity index (χ3n) is 5.49. The summed E-state index contributed by atoms with van der Waals surface area (Å²) in [4.78, 5) is 61.1. The number of amides is 4. The molecular weight excluding hydrogens is 488 g/mol. The Morgan fingerprint density at radius 3 is 2.31 bits per heavy atom. The molecule has 190 valence electrons. The largest absolute Gasteiger partial charge is 0.455 e. The van der Waals surface area contributed by atoms with Crippen LogP contribution in [0.5, 0.6) is 0 Å². The predicted molar refractivity (Wildman–Crippen MR) is 130 cm³/mol. The Kier molecular flexibility index (Phi) is 8.31. The highest BCUT2D eigenvalue weighted by molar-refractivity contribution is 6.33. The van der Waals surface area contributed by atoms with Gasteiger partial charge < -0.3 is 4.74 Å². The van der Waals surface area contributed by atoms with Gasteiger partial charge in [0.05, 0.1) is 23.0 Å². The molecule has 0 aromatic heterocycles. The van der Waals surface area contributed by atoms with Crippen LogP contribution in [0.2, 0.25) is 5.02 Å². The van der Waals surface area contributed by atoms with Crippen LogP contribution in [0.25, 0.3) is 0 Å². The molecular formula is C25H27ClN4O6. The van der Waals surface area contributed by atoms with Crippen molar-refractivity contribution < 1.29 is 28.7 Å². The summed E-state index contributed by atoms with van der Waals surface area (Å²) < 4.78 is 4.96. The van der Waals surface area contributed by atoms with Gasteiger partial charge in [0.1, 0.15) is 0 Å². The highest BCUT2D eigenvalue weighted by Crippen LogP contribution is 2.22. The summed E-state index contributed by atoms with van der Waals surface area (Å²) in [5.41, 5.74) is 8.33. The van der Waals surface area contributed by atoms with Crippen molar-refractivity contribution in [2.45, 2.75) is 32.6 Å². The van der Waals surface area contributed by atoms with E-state index in [0.29, 0.717) is 5.56 Å². The van der Waals surface area contributed by atoms with Crippen molar-refractivity contribution in [3.63, 3.8) is 0 Å². The molecule has 1 heterocycles. The number of nitrogens with zero attached hydrogens (tertiary/aromatic N) is 1. The molecule has 3 rings (SSSR count). The van der Waals surface area contributed by atoms with Gasteiger partial charge in [-0.15, -0.1) is 0 Å². The summed E-state index contributed by atoms with van der Waals surface area (Å²) in [5.74, 6) is -3.98. The van der Waals surface area contributed by atoms with Gasteiger partial charge in [-0.2, -0.15) is 0 Å². The monoisotopic (exact) mass is 514 g/mol. The first-order valence-electron chi connectivity index (χ1n) is 11.2. The molecule has 0 aliphatic carbocycles. The van der Waals surface area contributed by atoms with Crippen LogP contribution in [0.3, 0.4) is 0 Å². The molecule has 0 unspecified atom stereocenters. The van der Waals surface area contributed by atoms with E-state index < -0.39 is 42.1 Å². The van der Waals surface area contributed by atoms with Crippen molar-refractivity contribution in [1.82, 2.24) is 21.3 Å². The average Bonchev–Trinajstić information content (AvgIpc) is 3.20. The third-order valence-corrected chi connectivity index (χ3v) is 5.82. The van der Waals surface area contributed by atoms with Crippen molar-refractivity contribution in [2.24, 2.45) is 5.92 Å². The molecule has 1 aliphatic heterocycles. The Labute approximate surface area is 213 Å². The van der Waals surface area contributed by atoms with E-state index in [4.69, 9.17) is 16.3 Å². The van der Waals surface area contributed by atoms with Gasteiger partial charge in [-0.1, -0.05) is 56.6 Å². The molecule has 3 N–H and O–H groups in total. The standard InChI is InChI=1S/C25H27ClN4O6/c1-25(2,3)17-10-8-15(9-11-17)22(33)29-30-13-16(12-21(30)32)24(35)36-14-20(31)27-28-23(34)18-6-4-5-7-19(18)26/h4-11,16H,12-14H2,1-3H3,(H,27,31)(H,28,34)(H,29,33)/t16-/m0/s1. The second-order valence-electron chi connectivity index (χ2n) is 9.26. The molecule has 2 aromatic rings. The molecule has 0 radical (unpaired) electrons. The number of carbonyl (C=O) groups is 5. The zero-order valence-electron chi connectivity index (χ0n) is 20.1. The lowest BCUT2D eigenvalue weighted by Crippen LogP contribution is -2.44. The Morgan fingerprint density at radius 2 is 1.67 bits per heavy atom. The Balaban J connectivity index is 1.44. The molecule has 0 saturated carbocycles. The lowest BCUT2D eigenvalue weighted by Gasteiger charge is -2.20. The average molecular weight is 515 g/mol. The van der Waals surface area contributed by atoms with Gasteiger partial charge >= 0.3 is 5.97 Å². The summed E-state index contributed by atoms with van der Waals surface area (Å²) in [6.07, 6.45) is -0.174. The number of carbonyl (C=O) groups excluding carboxylic acids is 5. The van der Waals surface area contributed by atoms with Crippen LogP contribution in [0.4, 0.5) is 0 Å². The molecule has 11 heteroatoms. The van der Waals surface area contributed by atoms with E-state index in [1.165, 1.54) is 12.1 Å². The number of esters is 1. The van der Waals surface area contributed by atoms with E-state index in [1.54, 1.807) is 24.3 Å². The number of ether oxygens (including phenoxy) is 1. The summed E-state index contributed by atoms with van der Waals surface area (Å²) in [5, 5.41) is 1.27.